The van der Waals surface area contributed by atoms with Crippen LogP contribution in [0.15, 0.2) is 115 Å². The molecule has 46 heavy (non-hydrogen) atoms. The molecule has 0 aliphatic carbocycles. The van der Waals surface area contributed by atoms with Gasteiger partial charge < -0.3 is 20.3 Å². The lowest BCUT2D eigenvalue weighted by molar-refractivity contribution is -0.145. The van der Waals surface area contributed by atoms with Gasteiger partial charge in [-0.05, 0) is 47.5 Å². The zero-order valence-corrected chi connectivity index (χ0v) is 25.8. The van der Waals surface area contributed by atoms with Gasteiger partial charge in [0.2, 0.25) is 17.7 Å². The highest BCUT2D eigenvalue weighted by Gasteiger charge is 2.36. The molecule has 0 spiro atoms. The number of nitrogens with zero attached hydrogens (tertiary/aromatic N) is 3. The smallest absolute Gasteiger partial charge is 0.243 e. The quantitative estimate of drug-likeness (QED) is 0.272. The van der Waals surface area contributed by atoms with E-state index in [9.17, 15) is 14.4 Å². The zero-order valence-electron chi connectivity index (χ0n) is 25.8. The predicted octanol–water partition coefficient (Wildman–Crippen LogP) is 4.54. The van der Waals surface area contributed by atoms with Gasteiger partial charge in [0.15, 0.2) is 0 Å². The molecule has 9 heteroatoms. The van der Waals surface area contributed by atoms with Crippen molar-refractivity contribution in [1.82, 2.24) is 20.0 Å². The van der Waals surface area contributed by atoms with E-state index in [1.165, 1.54) is 11.1 Å². The number of piperazine rings is 2. The predicted molar refractivity (Wildman–Crippen MR) is 177 cm³/mol. The summed E-state index contributed by atoms with van der Waals surface area (Å²) < 4.78 is 5.82. The Labute approximate surface area is 269 Å². The fourth-order valence-corrected chi connectivity index (χ4v) is 6.18. The first kappa shape index (κ1) is 31.0. The number of hydrogen-bond acceptors (Lipinski definition) is 6. The minimum atomic E-state index is -0.858. The van der Waals surface area contributed by atoms with E-state index in [4.69, 9.17) is 4.74 Å². The van der Waals surface area contributed by atoms with E-state index in [0.717, 1.165) is 31.9 Å². The second-order valence-corrected chi connectivity index (χ2v) is 11.6. The molecule has 0 saturated carbocycles. The second-order valence-electron chi connectivity index (χ2n) is 11.6. The van der Waals surface area contributed by atoms with Crippen LogP contribution in [0.3, 0.4) is 0 Å². The molecule has 6 rings (SSSR count). The summed E-state index contributed by atoms with van der Waals surface area (Å²) in [4.78, 5) is 45.6. The fourth-order valence-electron chi connectivity index (χ4n) is 6.18. The Morgan fingerprint density at radius 3 is 1.91 bits per heavy atom. The molecule has 0 aromatic heterocycles. The van der Waals surface area contributed by atoms with Crippen molar-refractivity contribution in [1.29, 1.82) is 0 Å². The normalized spacial score (nSPS) is 17.4. The minimum absolute atomic E-state index is 0.122. The summed E-state index contributed by atoms with van der Waals surface area (Å²) in [6.07, 6.45) is -0.122. The molecule has 0 radical (unpaired) electrons. The summed E-state index contributed by atoms with van der Waals surface area (Å²) in [6, 6.07) is 36.8. The third kappa shape index (κ3) is 7.80. The van der Waals surface area contributed by atoms with Crippen LogP contribution in [-0.4, -0.2) is 84.3 Å². The summed E-state index contributed by atoms with van der Waals surface area (Å²) in [5.41, 5.74) is 3.08. The van der Waals surface area contributed by atoms with E-state index in [-0.39, 0.29) is 36.7 Å². The van der Waals surface area contributed by atoms with Gasteiger partial charge in [-0.3, -0.25) is 24.2 Å². The van der Waals surface area contributed by atoms with Crippen molar-refractivity contribution in [2.24, 2.45) is 0 Å². The maximum absolute atomic E-state index is 13.6. The molecule has 1 atom stereocenters. The molecular weight excluding hydrogens is 578 g/mol. The molecule has 0 bridgehead atoms. The van der Waals surface area contributed by atoms with Gasteiger partial charge in [-0.1, -0.05) is 78.9 Å². The van der Waals surface area contributed by atoms with Crippen LogP contribution in [0.2, 0.25) is 0 Å². The summed E-state index contributed by atoms with van der Waals surface area (Å²) in [5, 5.41) is 5.68. The van der Waals surface area contributed by atoms with E-state index in [1.807, 2.05) is 42.5 Å². The van der Waals surface area contributed by atoms with Gasteiger partial charge in [0.25, 0.3) is 0 Å². The van der Waals surface area contributed by atoms with Crippen LogP contribution < -0.4 is 15.4 Å². The molecule has 4 aromatic carbocycles. The van der Waals surface area contributed by atoms with Gasteiger partial charge in [0.05, 0.1) is 19.0 Å². The SMILES string of the molecule is O=C(C[C@H]1C(=O)NCCN1C(=O)CN1CCN(C(c2ccccc2)c2ccccc2)CC1)Nc1ccc(Oc2ccccc2)cc1. The monoisotopic (exact) mass is 617 g/mol. The van der Waals surface area contributed by atoms with Crippen LogP contribution in [0.5, 0.6) is 11.5 Å². The molecule has 2 fully saturated rings. The van der Waals surface area contributed by atoms with Gasteiger partial charge in [-0.25, -0.2) is 0 Å². The molecule has 2 heterocycles. The average molecular weight is 618 g/mol. The molecular formula is C37H39N5O4. The molecule has 2 N–H and O–H groups in total. The average Bonchev–Trinajstić information content (AvgIpc) is 3.09. The van der Waals surface area contributed by atoms with Crippen LogP contribution in [0.25, 0.3) is 0 Å². The highest BCUT2D eigenvalue weighted by Crippen LogP contribution is 2.29. The number of hydrogen-bond donors (Lipinski definition) is 2. The Hall–Kier alpha value is -4.99. The Morgan fingerprint density at radius 2 is 1.30 bits per heavy atom. The van der Waals surface area contributed by atoms with Crippen molar-refractivity contribution in [2.75, 3.05) is 51.1 Å². The maximum Gasteiger partial charge on any atom is 0.243 e. The van der Waals surface area contributed by atoms with Crippen molar-refractivity contribution in [3.05, 3.63) is 126 Å². The third-order valence-electron chi connectivity index (χ3n) is 8.51. The Morgan fingerprint density at radius 1 is 0.739 bits per heavy atom. The van der Waals surface area contributed by atoms with E-state index in [2.05, 4.69) is 69.0 Å². The van der Waals surface area contributed by atoms with Crippen molar-refractivity contribution in [3.63, 3.8) is 0 Å². The Balaban J connectivity index is 1.03. The fraction of sp³-hybridized carbons (Fsp3) is 0.270. The number of amides is 3. The van der Waals surface area contributed by atoms with Gasteiger partial charge in [-0.15, -0.1) is 0 Å². The first-order valence-electron chi connectivity index (χ1n) is 15.8. The lowest BCUT2D eigenvalue weighted by atomic mass is 9.96. The van der Waals surface area contributed by atoms with Crippen molar-refractivity contribution in [3.8, 4) is 11.5 Å². The third-order valence-corrected chi connectivity index (χ3v) is 8.51. The zero-order chi connectivity index (χ0) is 31.7. The van der Waals surface area contributed by atoms with Gasteiger partial charge in [-0.2, -0.15) is 0 Å². The van der Waals surface area contributed by atoms with Crippen LogP contribution in [0, 0.1) is 0 Å². The Bertz CT molecular complexity index is 1550. The minimum Gasteiger partial charge on any atom is -0.457 e. The number of benzene rings is 4. The van der Waals surface area contributed by atoms with Crippen LogP contribution >= 0.6 is 0 Å². The number of anilines is 1. The number of rotatable bonds is 10. The van der Waals surface area contributed by atoms with E-state index < -0.39 is 6.04 Å². The molecule has 3 amide bonds. The second kappa shape index (κ2) is 14.9. The number of para-hydroxylation sites is 1. The molecule has 4 aromatic rings. The topological polar surface area (TPSA) is 94.2 Å². The van der Waals surface area contributed by atoms with E-state index in [1.54, 1.807) is 29.2 Å². The first-order valence-corrected chi connectivity index (χ1v) is 15.8. The van der Waals surface area contributed by atoms with Gasteiger partial charge >= 0.3 is 0 Å². The lowest BCUT2D eigenvalue weighted by Crippen LogP contribution is -2.60. The van der Waals surface area contributed by atoms with Crippen molar-refractivity contribution < 1.29 is 19.1 Å². The van der Waals surface area contributed by atoms with Crippen molar-refractivity contribution >= 4 is 23.4 Å². The molecule has 2 aliphatic heterocycles. The van der Waals surface area contributed by atoms with Crippen molar-refractivity contribution in [2.45, 2.75) is 18.5 Å². The summed E-state index contributed by atoms with van der Waals surface area (Å²) in [7, 11) is 0. The summed E-state index contributed by atoms with van der Waals surface area (Å²) in [5.74, 6) is 0.589. The van der Waals surface area contributed by atoms with Crippen LogP contribution in [0.4, 0.5) is 5.69 Å². The number of nitrogens with one attached hydrogen (secondary N) is 2. The largest absolute Gasteiger partial charge is 0.457 e. The number of carbonyl (C=O) groups excluding carboxylic acids is 3. The van der Waals surface area contributed by atoms with Crippen LogP contribution in [-0.2, 0) is 14.4 Å². The molecule has 2 saturated heterocycles. The maximum atomic E-state index is 13.6. The summed E-state index contributed by atoms with van der Waals surface area (Å²) >= 11 is 0. The molecule has 0 unspecified atom stereocenters. The molecule has 2 aliphatic rings. The number of ether oxygens (including phenoxy) is 1. The standard InChI is InChI=1S/C37H39N5O4/c43-34(39-30-16-18-32(19-17-30)46-31-14-8-3-9-15-31)26-33-37(45)38-20-21-42(33)35(44)27-40-22-24-41(25-23-40)36(28-10-4-1-5-11-28)29-12-6-2-7-13-29/h1-19,33,36H,20-27H2,(H,38,45)(H,39,43)/t33-/m0/s1. The van der Waals surface area contributed by atoms with E-state index >= 15 is 0 Å². The first-order chi connectivity index (χ1) is 22.5. The van der Waals surface area contributed by atoms with Gasteiger partial charge in [0, 0.05) is 45.0 Å². The van der Waals surface area contributed by atoms with E-state index in [0.29, 0.717) is 24.5 Å². The van der Waals surface area contributed by atoms with Gasteiger partial charge in [0.1, 0.15) is 17.5 Å². The lowest BCUT2D eigenvalue weighted by Gasteiger charge is -2.41. The van der Waals surface area contributed by atoms with Crippen LogP contribution in [0.1, 0.15) is 23.6 Å². The molecule has 9 nitrogen and oxygen atoms in total. The Kier molecular flexibility index (Phi) is 10.0. The highest BCUT2D eigenvalue weighted by molar-refractivity contribution is 5.97. The summed E-state index contributed by atoms with van der Waals surface area (Å²) in [6.45, 7) is 4.04. The number of carbonyl (C=O) groups is 3. The molecule has 236 valence electrons. The highest BCUT2D eigenvalue weighted by atomic mass is 16.5.